The van der Waals surface area contributed by atoms with Gasteiger partial charge in [0.15, 0.2) is 0 Å². The Morgan fingerprint density at radius 3 is 2.85 bits per heavy atom. The molecule has 4 heteroatoms. The van der Waals surface area contributed by atoms with Crippen LogP contribution < -0.4 is 10.6 Å². The number of nitrogens with zero attached hydrogens (tertiary/aromatic N) is 1. The van der Waals surface area contributed by atoms with Gasteiger partial charge in [0.25, 0.3) is 0 Å². The van der Waals surface area contributed by atoms with Crippen LogP contribution >= 0.6 is 27.3 Å². The van der Waals surface area contributed by atoms with Gasteiger partial charge in [-0.25, -0.2) is 0 Å². The highest BCUT2D eigenvalue weighted by atomic mass is 79.9. The molecule has 0 saturated carbocycles. The fraction of sp³-hybridized carbons (Fsp3) is 0.556. The molecule has 1 aromatic rings. The van der Waals surface area contributed by atoms with Crippen LogP contribution in [0.3, 0.4) is 0 Å². The van der Waals surface area contributed by atoms with E-state index in [9.17, 15) is 0 Å². The average Bonchev–Trinajstić information content (AvgIpc) is 2.51. The van der Waals surface area contributed by atoms with Crippen LogP contribution in [0.1, 0.15) is 13.3 Å². The highest BCUT2D eigenvalue weighted by molar-refractivity contribution is 9.10. The molecule has 2 N–H and O–H groups in total. The van der Waals surface area contributed by atoms with Crippen LogP contribution in [0.2, 0.25) is 0 Å². The largest absolute Gasteiger partial charge is 0.364 e. The van der Waals surface area contributed by atoms with E-state index in [0.717, 1.165) is 17.4 Å². The first-order valence-electron chi connectivity index (χ1n) is 4.32. The van der Waals surface area contributed by atoms with E-state index in [1.165, 1.54) is 5.00 Å². The maximum absolute atomic E-state index is 5.52. The number of thiophene rings is 1. The van der Waals surface area contributed by atoms with Crippen LogP contribution in [0.15, 0.2) is 15.9 Å². The van der Waals surface area contributed by atoms with E-state index in [4.69, 9.17) is 5.73 Å². The molecule has 1 unspecified atom stereocenters. The van der Waals surface area contributed by atoms with Gasteiger partial charge in [0.1, 0.15) is 0 Å². The average molecular weight is 263 g/mol. The minimum Gasteiger partial charge on any atom is -0.364 e. The summed E-state index contributed by atoms with van der Waals surface area (Å²) in [5.74, 6) is 0. The fourth-order valence-corrected chi connectivity index (χ4v) is 2.63. The van der Waals surface area contributed by atoms with Gasteiger partial charge in [-0.2, -0.15) is 0 Å². The normalized spacial score (nSPS) is 12.9. The van der Waals surface area contributed by atoms with Gasteiger partial charge in [-0.05, 0) is 41.9 Å². The first kappa shape index (κ1) is 11.0. The van der Waals surface area contributed by atoms with E-state index in [1.54, 1.807) is 11.3 Å². The molecule has 0 aliphatic carbocycles. The molecule has 0 saturated heterocycles. The summed E-state index contributed by atoms with van der Waals surface area (Å²) in [6.07, 6.45) is 1.03. The SMILES string of the molecule is CC(CCN)N(C)c1cc(Br)cs1. The van der Waals surface area contributed by atoms with Crippen molar-refractivity contribution in [1.82, 2.24) is 0 Å². The summed E-state index contributed by atoms with van der Waals surface area (Å²) in [7, 11) is 2.11. The third kappa shape index (κ3) is 2.97. The zero-order valence-corrected chi connectivity index (χ0v) is 10.4. The Bertz CT molecular complexity index is 262. The van der Waals surface area contributed by atoms with Crippen LogP contribution in [0.5, 0.6) is 0 Å². The summed E-state index contributed by atoms with van der Waals surface area (Å²) < 4.78 is 1.15. The Morgan fingerprint density at radius 1 is 1.69 bits per heavy atom. The van der Waals surface area contributed by atoms with Crippen molar-refractivity contribution in [3.05, 3.63) is 15.9 Å². The number of hydrogen-bond donors (Lipinski definition) is 1. The molecular formula is C9H15BrN2S. The third-order valence-electron chi connectivity index (χ3n) is 2.15. The smallest absolute Gasteiger partial charge is 0.0920 e. The standard InChI is InChI=1S/C9H15BrN2S/c1-7(3-4-11)12(2)9-5-8(10)6-13-9/h5-7H,3-4,11H2,1-2H3. The summed E-state index contributed by atoms with van der Waals surface area (Å²) >= 11 is 5.20. The summed E-state index contributed by atoms with van der Waals surface area (Å²) in [5.41, 5.74) is 5.52. The van der Waals surface area contributed by atoms with Crippen molar-refractivity contribution < 1.29 is 0 Å². The summed E-state index contributed by atoms with van der Waals surface area (Å²) in [4.78, 5) is 2.27. The van der Waals surface area contributed by atoms with Crippen molar-refractivity contribution in [2.45, 2.75) is 19.4 Å². The van der Waals surface area contributed by atoms with Crippen LogP contribution in [-0.2, 0) is 0 Å². The van der Waals surface area contributed by atoms with Gasteiger partial charge >= 0.3 is 0 Å². The first-order valence-corrected chi connectivity index (χ1v) is 5.99. The highest BCUT2D eigenvalue weighted by Crippen LogP contribution is 2.28. The summed E-state index contributed by atoms with van der Waals surface area (Å²) in [6, 6.07) is 2.65. The molecule has 0 spiro atoms. The van der Waals surface area contributed by atoms with Crippen molar-refractivity contribution in [3.8, 4) is 0 Å². The predicted molar refractivity (Wildman–Crippen MR) is 63.6 cm³/mol. The maximum Gasteiger partial charge on any atom is 0.0920 e. The summed E-state index contributed by atoms with van der Waals surface area (Å²) in [6.45, 7) is 2.94. The molecule has 0 bridgehead atoms. The quantitative estimate of drug-likeness (QED) is 0.905. The molecule has 1 aromatic heterocycles. The topological polar surface area (TPSA) is 29.3 Å². The van der Waals surface area contributed by atoms with Crippen molar-refractivity contribution in [2.75, 3.05) is 18.5 Å². The Kier molecular flexibility index (Phi) is 4.22. The van der Waals surface area contributed by atoms with E-state index in [0.29, 0.717) is 6.04 Å². The molecule has 0 aromatic carbocycles. The number of halogens is 1. The Morgan fingerprint density at radius 2 is 2.38 bits per heavy atom. The van der Waals surface area contributed by atoms with E-state index >= 15 is 0 Å². The molecule has 0 radical (unpaired) electrons. The third-order valence-corrected chi connectivity index (χ3v) is 3.93. The number of nitrogens with two attached hydrogens (primary N) is 1. The highest BCUT2D eigenvalue weighted by Gasteiger charge is 2.10. The lowest BCUT2D eigenvalue weighted by Crippen LogP contribution is -2.30. The van der Waals surface area contributed by atoms with Gasteiger partial charge in [0.2, 0.25) is 0 Å². The molecule has 1 atom stereocenters. The Hall–Kier alpha value is -0.0600. The van der Waals surface area contributed by atoms with E-state index in [-0.39, 0.29) is 0 Å². The molecule has 0 fully saturated rings. The number of rotatable bonds is 4. The van der Waals surface area contributed by atoms with Crippen molar-refractivity contribution in [2.24, 2.45) is 5.73 Å². The predicted octanol–water partition coefficient (Wildman–Crippen LogP) is 2.68. The lowest BCUT2D eigenvalue weighted by Gasteiger charge is -2.24. The van der Waals surface area contributed by atoms with Gasteiger partial charge in [-0.15, -0.1) is 11.3 Å². The molecule has 1 rings (SSSR count). The maximum atomic E-state index is 5.52. The second-order valence-electron chi connectivity index (χ2n) is 3.14. The summed E-state index contributed by atoms with van der Waals surface area (Å²) in [5, 5.41) is 3.38. The molecule has 13 heavy (non-hydrogen) atoms. The molecule has 0 aliphatic rings. The van der Waals surface area contributed by atoms with Crippen LogP contribution in [-0.4, -0.2) is 19.6 Å². The Balaban J connectivity index is 2.61. The van der Waals surface area contributed by atoms with E-state index in [2.05, 4.69) is 46.2 Å². The van der Waals surface area contributed by atoms with Crippen molar-refractivity contribution in [3.63, 3.8) is 0 Å². The minimum absolute atomic E-state index is 0.510. The fourth-order valence-electron chi connectivity index (χ4n) is 1.14. The molecular weight excluding hydrogens is 248 g/mol. The van der Waals surface area contributed by atoms with Gasteiger partial charge < -0.3 is 10.6 Å². The molecule has 0 amide bonds. The zero-order valence-electron chi connectivity index (χ0n) is 7.96. The molecule has 1 heterocycles. The van der Waals surface area contributed by atoms with E-state index < -0.39 is 0 Å². The number of anilines is 1. The monoisotopic (exact) mass is 262 g/mol. The van der Waals surface area contributed by atoms with Gasteiger partial charge in [0.05, 0.1) is 5.00 Å². The molecule has 74 valence electrons. The second-order valence-corrected chi connectivity index (χ2v) is 4.95. The van der Waals surface area contributed by atoms with Crippen LogP contribution in [0.25, 0.3) is 0 Å². The molecule has 2 nitrogen and oxygen atoms in total. The van der Waals surface area contributed by atoms with Gasteiger partial charge in [0, 0.05) is 22.9 Å². The van der Waals surface area contributed by atoms with Crippen LogP contribution in [0, 0.1) is 0 Å². The zero-order chi connectivity index (χ0) is 9.84. The Labute approximate surface area is 91.9 Å². The number of hydrogen-bond acceptors (Lipinski definition) is 3. The van der Waals surface area contributed by atoms with Gasteiger partial charge in [-0.1, -0.05) is 0 Å². The van der Waals surface area contributed by atoms with E-state index in [1.807, 2.05) is 0 Å². The second kappa shape index (κ2) is 4.98. The molecule has 0 aliphatic heterocycles. The van der Waals surface area contributed by atoms with Gasteiger partial charge in [-0.3, -0.25) is 0 Å². The lowest BCUT2D eigenvalue weighted by molar-refractivity contribution is 0.638. The first-order chi connectivity index (χ1) is 6.15. The van der Waals surface area contributed by atoms with Crippen molar-refractivity contribution >= 4 is 32.3 Å². The lowest BCUT2D eigenvalue weighted by atomic mass is 10.2. The minimum atomic E-state index is 0.510. The van der Waals surface area contributed by atoms with Crippen LogP contribution in [0.4, 0.5) is 5.00 Å². The van der Waals surface area contributed by atoms with Crippen molar-refractivity contribution in [1.29, 1.82) is 0 Å².